The highest BCUT2D eigenvalue weighted by Gasteiger charge is 2.42. The maximum atomic E-state index is 6.91. The summed E-state index contributed by atoms with van der Waals surface area (Å²) in [5.41, 5.74) is 15.7. The van der Waals surface area contributed by atoms with Crippen LogP contribution in [0.4, 0.5) is 34.1 Å². The van der Waals surface area contributed by atoms with Crippen molar-refractivity contribution in [3.63, 3.8) is 0 Å². The van der Waals surface area contributed by atoms with Crippen LogP contribution in [0.3, 0.4) is 0 Å². The summed E-state index contributed by atoms with van der Waals surface area (Å²) in [5, 5.41) is 14.8. The molecule has 0 radical (unpaired) electrons. The lowest BCUT2D eigenvalue weighted by atomic mass is 10.0. The Balaban J connectivity index is 0.848. The van der Waals surface area contributed by atoms with Gasteiger partial charge in [-0.1, -0.05) is 148 Å². The van der Waals surface area contributed by atoms with Crippen molar-refractivity contribution < 1.29 is 8.83 Å². The van der Waals surface area contributed by atoms with Gasteiger partial charge in [-0.25, -0.2) is 0 Å². The van der Waals surface area contributed by atoms with Crippen LogP contribution in [0.25, 0.3) is 87.7 Å². The predicted octanol–water partition coefficient (Wildman–Crippen LogP) is 16.3. The van der Waals surface area contributed by atoms with Gasteiger partial charge in [0.25, 0.3) is 0 Å². The van der Waals surface area contributed by atoms with Crippen LogP contribution in [0.5, 0.6) is 0 Å². The standard InChI is InChI=1S/C66H48N2O2Si2/c1-71(2)61-27-13-11-21-49(61)53-23-15-25-57(65(53)71)67(45-17-7-5-8-18-45)47-31-29-41-37-55-51-33-34-52-56-38-42-30-32-48(36-44(42)40-60(56)70-64(52)63(51)69-59(55)39-43(41)35-47)68(46-19-9-6-10-20-46)58-26-16-24-54-50-22-12-14-28-62(50)72(3,4)66(54)58/h5-40H,1-4H3. The van der Waals surface area contributed by atoms with Gasteiger partial charge in [-0.2, -0.15) is 0 Å². The molecule has 2 aromatic heterocycles. The number of hydrogen-bond acceptors (Lipinski definition) is 4. The van der Waals surface area contributed by atoms with Gasteiger partial charge in [0.2, 0.25) is 0 Å². The lowest BCUT2D eigenvalue weighted by Crippen LogP contribution is -2.50. The van der Waals surface area contributed by atoms with E-state index in [4.69, 9.17) is 8.83 Å². The van der Waals surface area contributed by atoms with E-state index in [1.165, 1.54) is 54.4 Å². The number of fused-ring (bicyclic) bond motifs is 15. The highest BCUT2D eigenvalue weighted by Crippen LogP contribution is 2.45. The van der Waals surface area contributed by atoms with Crippen molar-refractivity contribution in [1.82, 2.24) is 0 Å². The number of nitrogens with zero attached hydrogens (tertiary/aromatic N) is 2. The first-order chi connectivity index (χ1) is 35.2. The van der Waals surface area contributed by atoms with Gasteiger partial charge in [0.1, 0.15) is 27.3 Å². The molecule has 0 N–H and O–H groups in total. The molecule has 13 aromatic rings. The van der Waals surface area contributed by atoms with Crippen molar-refractivity contribution in [3.8, 4) is 22.3 Å². The number of rotatable bonds is 6. The van der Waals surface area contributed by atoms with Crippen LogP contribution in [0.2, 0.25) is 26.2 Å². The third kappa shape index (κ3) is 5.85. The number of furan rings is 2. The van der Waals surface area contributed by atoms with Gasteiger partial charge in [0, 0.05) is 55.7 Å². The van der Waals surface area contributed by atoms with Crippen LogP contribution in [-0.2, 0) is 0 Å². The summed E-state index contributed by atoms with van der Waals surface area (Å²) in [5.74, 6) is 0. The molecule has 72 heavy (non-hydrogen) atoms. The Labute approximate surface area is 419 Å². The highest BCUT2D eigenvalue weighted by atomic mass is 28.3. The zero-order valence-corrected chi connectivity index (χ0v) is 42.5. The van der Waals surface area contributed by atoms with E-state index in [1.807, 2.05) is 0 Å². The van der Waals surface area contributed by atoms with Crippen molar-refractivity contribution in [1.29, 1.82) is 0 Å². The van der Waals surface area contributed by atoms with Gasteiger partial charge in [-0.15, -0.1) is 0 Å². The van der Waals surface area contributed by atoms with Crippen LogP contribution in [0.15, 0.2) is 227 Å². The van der Waals surface area contributed by atoms with E-state index in [2.05, 4.69) is 254 Å². The highest BCUT2D eigenvalue weighted by molar-refractivity contribution is 7.05. The first kappa shape index (κ1) is 41.4. The van der Waals surface area contributed by atoms with Gasteiger partial charge in [-0.05, 0) is 162 Å². The molecule has 4 heterocycles. The van der Waals surface area contributed by atoms with Gasteiger partial charge in [-0.3, -0.25) is 0 Å². The van der Waals surface area contributed by atoms with E-state index < -0.39 is 16.1 Å². The van der Waals surface area contributed by atoms with Crippen molar-refractivity contribution in [2.45, 2.75) is 26.2 Å². The normalized spacial score (nSPS) is 14.1. The maximum absolute atomic E-state index is 6.91. The summed E-state index contributed by atoms with van der Waals surface area (Å²) in [7, 11) is -4.06. The summed E-state index contributed by atoms with van der Waals surface area (Å²) in [6.07, 6.45) is 0. The molecule has 2 aliphatic heterocycles. The second-order valence-corrected chi connectivity index (χ2v) is 29.4. The summed E-state index contributed by atoms with van der Waals surface area (Å²) < 4.78 is 13.8. The summed E-state index contributed by atoms with van der Waals surface area (Å²) in [6, 6.07) is 80.6. The largest absolute Gasteiger partial charge is 0.452 e. The number of benzene rings is 11. The molecule has 0 saturated heterocycles. The van der Waals surface area contributed by atoms with E-state index in [9.17, 15) is 0 Å². The molecule has 0 saturated carbocycles. The minimum Gasteiger partial charge on any atom is -0.452 e. The Morgan fingerprint density at radius 2 is 0.708 bits per heavy atom. The molecular weight excluding hydrogens is 909 g/mol. The summed E-state index contributed by atoms with van der Waals surface area (Å²) in [4.78, 5) is 4.92. The molecule has 2 aliphatic rings. The minimum absolute atomic E-state index is 0.775. The van der Waals surface area contributed by atoms with Crippen molar-refractivity contribution in [2.75, 3.05) is 9.80 Å². The molecular formula is C66H48N2O2Si2. The lowest BCUT2D eigenvalue weighted by molar-refractivity contribution is 0.634. The number of hydrogen-bond donors (Lipinski definition) is 0. The molecule has 4 nitrogen and oxygen atoms in total. The molecule has 342 valence electrons. The molecule has 0 aliphatic carbocycles. The average molecular weight is 957 g/mol. The maximum Gasteiger partial charge on any atom is 0.178 e. The van der Waals surface area contributed by atoms with E-state index in [0.717, 1.165) is 88.2 Å². The Hall–Kier alpha value is -8.43. The molecule has 0 unspecified atom stereocenters. The molecule has 0 fully saturated rings. The van der Waals surface area contributed by atoms with E-state index >= 15 is 0 Å². The topological polar surface area (TPSA) is 32.8 Å². The van der Waals surface area contributed by atoms with Crippen molar-refractivity contribution >= 4 is 136 Å². The van der Waals surface area contributed by atoms with E-state index in [1.54, 1.807) is 0 Å². The van der Waals surface area contributed by atoms with Crippen molar-refractivity contribution in [2.24, 2.45) is 0 Å². The Morgan fingerprint density at radius 3 is 1.15 bits per heavy atom. The van der Waals surface area contributed by atoms with E-state index in [-0.39, 0.29) is 0 Å². The predicted molar refractivity (Wildman–Crippen MR) is 310 cm³/mol. The van der Waals surface area contributed by atoms with E-state index in [0.29, 0.717) is 0 Å². The third-order valence-electron chi connectivity index (χ3n) is 16.1. The molecule has 6 heteroatoms. The Kier molecular flexibility index (Phi) is 8.64. The van der Waals surface area contributed by atoms with Crippen LogP contribution in [0.1, 0.15) is 0 Å². The fourth-order valence-electron chi connectivity index (χ4n) is 12.8. The van der Waals surface area contributed by atoms with Crippen LogP contribution >= 0.6 is 0 Å². The SMILES string of the molecule is C[Si]1(C)c2ccccc2-c2cccc(N(c3ccccc3)c3ccc4cc5c(cc4c3)oc3c5ccc4c5cc6ccc(N(c7ccccc7)c7cccc8c7[Si](C)(C)c7ccccc7-8)cc6cc5oc43)c21. The first-order valence-corrected chi connectivity index (χ1v) is 31.1. The van der Waals surface area contributed by atoms with Crippen LogP contribution in [0, 0.1) is 0 Å². The average Bonchev–Trinajstić information content (AvgIpc) is 4.10. The number of para-hydroxylation sites is 2. The summed E-state index contributed by atoms with van der Waals surface area (Å²) in [6.45, 7) is 9.99. The molecule has 0 bridgehead atoms. The monoisotopic (exact) mass is 956 g/mol. The minimum atomic E-state index is -2.03. The van der Waals surface area contributed by atoms with Gasteiger partial charge < -0.3 is 18.6 Å². The molecule has 0 amide bonds. The smallest absolute Gasteiger partial charge is 0.178 e. The Morgan fingerprint density at radius 1 is 0.306 bits per heavy atom. The fraction of sp³-hybridized carbons (Fsp3) is 0.0606. The van der Waals surface area contributed by atoms with Gasteiger partial charge in [0.15, 0.2) is 11.2 Å². The molecule has 15 rings (SSSR count). The molecule has 0 atom stereocenters. The van der Waals surface area contributed by atoms with Crippen LogP contribution in [-0.4, -0.2) is 16.1 Å². The van der Waals surface area contributed by atoms with Crippen LogP contribution < -0.4 is 30.5 Å². The lowest BCUT2D eigenvalue weighted by Gasteiger charge is -2.31. The quantitative estimate of drug-likeness (QED) is 0.156. The zero-order chi connectivity index (χ0) is 48.0. The zero-order valence-electron chi connectivity index (χ0n) is 40.5. The molecule has 11 aromatic carbocycles. The van der Waals surface area contributed by atoms with Gasteiger partial charge >= 0.3 is 0 Å². The van der Waals surface area contributed by atoms with Gasteiger partial charge in [0.05, 0.1) is 0 Å². The van der Waals surface area contributed by atoms with Crippen molar-refractivity contribution in [3.05, 3.63) is 218 Å². The fourth-order valence-corrected chi connectivity index (χ4v) is 19.6. The summed E-state index contributed by atoms with van der Waals surface area (Å²) >= 11 is 0. The first-order valence-electron chi connectivity index (χ1n) is 25.1. The third-order valence-corrected chi connectivity index (χ3v) is 23.2. The Bertz CT molecular complexity index is 4130. The number of anilines is 6. The second kappa shape index (κ2) is 15.0. The second-order valence-electron chi connectivity index (χ2n) is 20.9. The molecule has 0 spiro atoms.